The summed E-state index contributed by atoms with van der Waals surface area (Å²) < 4.78 is 0. The van der Waals surface area contributed by atoms with Crippen LogP contribution in [0.3, 0.4) is 0 Å². The van der Waals surface area contributed by atoms with Gasteiger partial charge in [0.05, 0.1) is 0 Å². The molecule has 0 spiro atoms. The van der Waals surface area contributed by atoms with Gasteiger partial charge in [0.1, 0.15) is 0 Å². The molecule has 0 aliphatic carbocycles. The summed E-state index contributed by atoms with van der Waals surface area (Å²) in [4.78, 5) is 0. The predicted molar refractivity (Wildman–Crippen MR) is 45.4 cm³/mol. The molecule has 0 atom stereocenters. The van der Waals surface area contributed by atoms with Gasteiger partial charge in [0.15, 0.2) is 0 Å². The van der Waals surface area contributed by atoms with Crippen molar-refractivity contribution in [2.45, 2.75) is 19.3 Å². The van der Waals surface area contributed by atoms with Crippen LogP contribution in [0.2, 0.25) is 0 Å². The molecule has 1 heteroatoms. The molecule has 0 aromatic carbocycles. The highest BCUT2D eigenvalue weighted by atomic mass is 32.2. The lowest BCUT2D eigenvalue weighted by molar-refractivity contribution is 0.997. The van der Waals surface area contributed by atoms with Crippen molar-refractivity contribution in [1.29, 1.82) is 0 Å². The number of hydrogen-bond acceptors (Lipinski definition) is 1. The fraction of sp³-hybridized carbons (Fsp3) is 0.625. The summed E-state index contributed by atoms with van der Waals surface area (Å²) in [5.41, 5.74) is 0. The molecule has 0 fully saturated rings. The van der Waals surface area contributed by atoms with E-state index in [0.29, 0.717) is 0 Å². The Hall–Kier alpha value is -0.0900. The monoisotopic (exact) mass is 141 g/mol. The van der Waals surface area contributed by atoms with Crippen LogP contribution >= 0.6 is 11.8 Å². The topological polar surface area (TPSA) is 0 Å². The molecule has 0 heterocycles. The quantitative estimate of drug-likeness (QED) is 0.429. The molecular weight excluding hydrogens is 128 g/mol. The molecule has 0 amide bonds. The highest BCUT2D eigenvalue weighted by Crippen LogP contribution is 1.97. The van der Waals surface area contributed by atoms with E-state index in [2.05, 4.69) is 25.0 Å². The van der Waals surface area contributed by atoms with Gasteiger partial charge in [0, 0.05) is 12.8 Å². The second-order valence-corrected chi connectivity index (χ2v) is 2.69. The summed E-state index contributed by atoms with van der Waals surface area (Å²) in [6.07, 6.45) is 5.12. The summed E-state index contributed by atoms with van der Waals surface area (Å²) in [5, 5.41) is 0. The molecule has 0 unspecified atom stereocenters. The van der Waals surface area contributed by atoms with Gasteiger partial charge >= 0.3 is 0 Å². The van der Waals surface area contributed by atoms with Gasteiger partial charge in [-0.15, -0.1) is 11.8 Å². The molecule has 0 aliphatic heterocycles. The number of hydrogen-bond donors (Lipinski definition) is 0. The Morgan fingerprint density at radius 2 is 2.22 bits per heavy atom. The van der Waals surface area contributed by atoms with Crippen molar-refractivity contribution in [3.63, 3.8) is 0 Å². The molecule has 9 heavy (non-hydrogen) atoms. The van der Waals surface area contributed by atoms with E-state index in [-0.39, 0.29) is 0 Å². The maximum atomic E-state index is 3.62. The van der Waals surface area contributed by atoms with Crippen LogP contribution in [0.4, 0.5) is 0 Å². The summed E-state index contributed by atoms with van der Waals surface area (Å²) in [6, 6.07) is 0. The minimum Gasteiger partial charge on any atom is -0.165 e. The Balaban J connectivity index is 2.90. The zero-order chi connectivity index (χ0) is 6.95. The first-order valence-corrected chi connectivity index (χ1v) is 4.55. The second-order valence-electron chi connectivity index (χ2n) is 1.70. The van der Waals surface area contributed by atoms with Crippen molar-refractivity contribution in [1.82, 2.24) is 0 Å². The third-order valence-electron chi connectivity index (χ3n) is 0.900. The molecule has 0 N–H and O–H groups in total. The molecule has 0 aliphatic rings. The normalized spacial score (nSPS) is 8.22. The van der Waals surface area contributed by atoms with E-state index < -0.39 is 0 Å². The fourth-order valence-electron chi connectivity index (χ4n) is 0.482. The zero-order valence-electron chi connectivity index (χ0n) is 5.94. The van der Waals surface area contributed by atoms with Crippen LogP contribution in [0.15, 0.2) is 0 Å². The van der Waals surface area contributed by atoms with E-state index in [1.165, 1.54) is 12.2 Å². The first kappa shape index (κ1) is 8.91. The summed E-state index contributed by atoms with van der Waals surface area (Å²) in [5.74, 6) is 7.21. The van der Waals surface area contributed by atoms with Gasteiger partial charge in [-0.05, 0) is 25.4 Å². The molecule has 0 bridgehead atoms. The van der Waals surface area contributed by atoms with Crippen LogP contribution < -0.4 is 0 Å². The van der Waals surface area contributed by atoms with E-state index in [1.54, 1.807) is 0 Å². The Labute approximate surface area is 62.4 Å². The van der Waals surface area contributed by atoms with Gasteiger partial charge < -0.3 is 0 Å². The Bertz CT molecular complexity index is 96.9. The minimum atomic E-state index is 0.749. The van der Waals surface area contributed by atoms with Crippen LogP contribution in [0, 0.1) is 18.8 Å². The smallest absolute Gasteiger partial charge is 0.00965 e. The maximum absolute atomic E-state index is 3.62. The van der Waals surface area contributed by atoms with Crippen molar-refractivity contribution >= 4 is 11.8 Å². The molecule has 0 aromatic rings. The van der Waals surface area contributed by atoms with E-state index in [1.807, 2.05) is 11.8 Å². The Morgan fingerprint density at radius 1 is 1.44 bits per heavy atom. The van der Waals surface area contributed by atoms with Crippen molar-refractivity contribution in [3.05, 3.63) is 6.92 Å². The van der Waals surface area contributed by atoms with Gasteiger partial charge in [-0.1, -0.05) is 0 Å². The molecule has 0 saturated carbocycles. The Morgan fingerprint density at radius 3 is 2.78 bits per heavy atom. The first-order chi connectivity index (χ1) is 4.41. The molecule has 51 valence electrons. The predicted octanol–water partition coefficient (Wildman–Crippen LogP) is 2.36. The van der Waals surface area contributed by atoms with Crippen molar-refractivity contribution < 1.29 is 0 Å². The third kappa shape index (κ3) is 7.91. The standard InChI is InChI=1S/C8H13S/c1-3-4-5-6-7-8-9-2/h1,3,6-8H2,2H3. The Kier molecular flexibility index (Phi) is 7.83. The van der Waals surface area contributed by atoms with Crippen LogP contribution in [0.5, 0.6) is 0 Å². The van der Waals surface area contributed by atoms with E-state index >= 15 is 0 Å². The summed E-state index contributed by atoms with van der Waals surface area (Å²) in [6.45, 7) is 3.62. The summed E-state index contributed by atoms with van der Waals surface area (Å²) >= 11 is 1.88. The van der Waals surface area contributed by atoms with E-state index in [4.69, 9.17) is 0 Å². The SMILES string of the molecule is [CH2]CC#CCCCSC. The van der Waals surface area contributed by atoms with Crippen LogP contribution in [0.25, 0.3) is 0 Å². The average Bonchev–Trinajstić information content (AvgIpc) is 1.89. The lowest BCUT2D eigenvalue weighted by Gasteiger charge is -1.87. The maximum Gasteiger partial charge on any atom is 0.00965 e. The number of unbranched alkanes of at least 4 members (excludes halogenated alkanes) is 1. The highest BCUT2D eigenvalue weighted by Gasteiger charge is 1.79. The number of thioether (sulfide) groups is 1. The van der Waals surface area contributed by atoms with E-state index in [0.717, 1.165) is 12.8 Å². The largest absolute Gasteiger partial charge is 0.165 e. The molecule has 0 nitrogen and oxygen atoms in total. The zero-order valence-corrected chi connectivity index (χ0v) is 6.76. The van der Waals surface area contributed by atoms with Gasteiger partial charge in [-0.25, -0.2) is 0 Å². The van der Waals surface area contributed by atoms with Gasteiger partial charge in [-0.2, -0.15) is 11.8 Å². The fourth-order valence-corrected chi connectivity index (χ4v) is 0.915. The van der Waals surface area contributed by atoms with Crippen LogP contribution in [0.1, 0.15) is 19.3 Å². The average molecular weight is 141 g/mol. The molecular formula is C8H13S. The van der Waals surface area contributed by atoms with Crippen molar-refractivity contribution in [2.24, 2.45) is 0 Å². The molecule has 0 aromatic heterocycles. The van der Waals surface area contributed by atoms with Gasteiger partial charge in [-0.3, -0.25) is 0 Å². The first-order valence-electron chi connectivity index (χ1n) is 3.15. The van der Waals surface area contributed by atoms with Gasteiger partial charge in [0.25, 0.3) is 0 Å². The third-order valence-corrected chi connectivity index (χ3v) is 1.60. The van der Waals surface area contributed by atoms with Crippen molar-refractivity contribution in [3.8, 4) is 11.8 Å². The second kappa shape index (κ2) is 7.91. The molecule has 1 radical (unpaired) electrons. The van der Waals surface area contributed by atoms with Crippen LogP contribution in [-0.2, 0) is 0 Å². The lowest BCUT2D eigenvalue weighted by Crippen LogP contribution is -1.74. The molecule has 0 saturated heterocycles. The van der Waals surface area contributed by atoms with Gasteiger partial charge in [0.2, 0.25) is 0 Å². The van der Waals surface area contributed by atoms with E-state index in [9.17, 15) is 0 Å². The molecule has 0 rings (SSSR count). The summed E-state index contributed by atoms with van der Waals surface area (Å²) in [7, 11) is 0. The highest BCUT2D eigenvalue weighted by molar-refractivity contribution is 7.98. The number of rotatable bonds is 3. The van der Waals surface area contributed by atoms with Crippen molar-refractivity contribution in [2.75, 3.05) is 12.0 Å². The minimum absolute atomic E-state index is 0.749. The van der Waals surface area contributed by atoms with Crippen LogP contribution in [-0.4, -0.2) is 12.0 Å². The lowest BCUT2D eigenvalue weighted by atomic mass is 10.3.